The summed E-state index contributed by atoms with van der Waals surface area (Å²) in [6.07, 6.45) is 3.49. The van der Waals surface area contributed by atoms with Crippen molar-refractivity contribution in [2.75, 3.05) is 26.4 Å². The van der Waals surface area contributed by atoms with Gasteiger partial charge in [-0.15, -0.1) is 0 Å². The van der Waals surface area contributed by atoms with E-state index in [1.165, 1.54) is 0 Å². The molecule has 1 unspecified atom stereocenters. The predicted octanol–water partition coefficient (Wildman–Crippen LogP) is 1.89. The second-order valence-corrected chi connectivity index (χ2v) is 8.18. The Balaban J connectivity index is 1.68. The van der Waals surface area contributed by atoms with Crippen molar-refractivity contribution >= 4 is 5.96 Å². The van der Waals surface area contributed by atoms with Crippen LogP contribution >= 0.6 is 0 Å². The zero-order valence-corrected chi connectivity index (χ0v) is 17.8. The van der Waals surface area contributed by atoms with Crippen LogP contribution in [0.15, 0.2) is 35.6 Å². The average molecular weight is 402 g/mol. The minimum absolute atomic E-state index is 0.199. The fourth-order valence-corrected chi connectivity index (χ4v) is 3.08. The van der Waals surface area contributed by atoms with E-state index in [0.717, 1.165) is 29.2 Å². The minimum atomic E-state index is -1.06. The van der Waals surface area contributed by atoms with Crippen LogP contribution in [0.2, 0.25) is 0 Å². The Morgan fingerprint density at radius 3 is 2.66 bits per heavy atom. The highest BCUT2D eigenvalue weighted by atomic mass is 16.7. The molecule has 3 rings (SSSR count). The van der Waals surface area contributed by atoms with Crippen LogP contribution in [0.3, 0.4) is 0 Å². The van der Waals surface area contributed by atoms with Gasteiger partial charge < -0.3 is 25.2 Å². The Morgan fingerprint density at radius 1 is 1.21 bits per heavy atom. The molecule has 1 atom stereocenters. The first kappa shape index (κ1) is 21.0. The third-order valence-electron chi connectivity index (χ3n) is 5.06. The van der Waals surface area contributed by atoms with Gasteiger partial charge in [0.2, 0.25) is 6.79 Å². The van der Waals surface area contributed by atoms with Gasteiger partial charge in [-0.2, -0.15) is 5.10 Å². The maximum absolute atomic E-state index is 10.8. The Labute approximate surface area is 171 Å². The molecule has 0 amide bonds. The number of ether oxygens (including phenoxy) is 2. The van der Waals surface area contributed by atoms with Crippen LogP contribution in [-0.4, -0.2) is 47.3 Å². The molecule has 0 aliphatic carbocycles. The van der Waals surface area contributed by atoms with E-state index in [-0.39, 0.29) is 12.2 Å². The Hall–Kier alpha value is -2.74. The summed E-state index contributed by atoms with van der Waals surface area (Å²) in [6, 6.07) is 6.01. The molecule has 1 aromatic heterocycles. The molecule has 0 bridgehead atoms. The molecule has 2 heterocycles. The van der Waals surface area contributed by atoms with E-state index in [1.54, 1.807) is 17.8 Å². The van der Waals surface area contributed by atoms with Crippen LogP contribution in [-0.2, 0) is 18.1 Å². The molecule has 1 aliphatic heterocycles. The van der Waals surface area contributed by atoms with Gasteiger partial charge in [0, 0.05) is 30.8 Å². The third-order valence-corrected chi connectivity index (χ3v) is 5.06. The monoisotopic (exact) mass is 401 g/mol. The van der Waals surface area contributed by atoms with Crippen LogP contribution in [0.1, 0.15) is 38.8 Å². The number of aliphatic imine (C=N–C) groups is 1. The van der Waals surface area contributed by atoms with E-state index in [2.05, 4.69) is 35.6 Å². The van der Waals surface area contributed by atoms with Crippen LogP contribution in [0.4, 0.5) is 0 Å². The number of aromatic nitrogens is 2. The number of nitrogens with one attached hydrogen (secondary N) is 2. The van der Waals surface area contributed by atoms with Gasteiger partial charge in [-0.25, -0.2) is 0 Å². The van der Waals surface area contributed by atoms with Crippen LogP contribution in [0.25, 0.3) is 0 Å². The second-order valence-electron chi connectivity index (χ2n) is 8.18. The van der Waals surface area contributed by atoms with Gasteiger partial charge in [0.05, 0.1) is 19.3 Å². The maximum atomic E-state index is 10.8. The lowest BCUT2D eigenvalue weighted by atomic mass is 9.84. The van der Waals surface area contributed by atoms with Gasteiger partial charge in [0.25, 0.3) is 0 Å². The number of benzene rings is 1. The zero-order chi connectivity index (χ0) is 21.1. The highest BCUT2D eigenvalue weighted by molar-refractivity contribution is 5.80. The second kappa shape index (κ2) is 8.32. The number of nitrogens with zero attached hydrogens (tertiary/aromatic N) is 3. The molecule has 158 valence electrons. The molecule has 0 fully saturated rings. The molecular formula is C21H31N5O3. The van der Waals surface area contributed by atoms with Gasteiger partial charge in [-0.05, 0) is 31.5 Å². The van der Waals surface area contributed by atoms with Crippen molar-refractivity contribution in [3.05, 3.63) is 41.7 Å². The fourth-order valence-electron chi connectivity index (χ4n) is 3.08. The van der Waals surface area contributed by atoms with Crippen molar-refractivity contribution in [1.82, 2.24) is 20.4 Å². The Kier molecular flexibility index (Phi) is 6.02. The highest BCUT2D eigenvalue weighted by Crippen LogP contribution is 2.36. The van der Waals surface area contributed by atoms with E-state index >= 15 is 0 Å². The molecule has 0 spiro atoms. The van der Waals surface area contributed by atoms with Crippen LogP contribution in [0.5, 0.6) is 11.5 Å². The molecule has 8 nitrogen and oxygen atoms in total. The zero-order valence-electron chi connectivity index (χ0n) is 17.8. The summed E-state index contributed by atoms with van der Waals surface area (Å²) in [5.41, 5.74) is 0.625. The molecule has 1 aromatic carbocycles. The summed E-state index contributed by atoms with van der Waals surface area (Å²) >= 11 is 0. The van der Waals surface area contributed by atoms with Gasteiger partial charge in [-0.1, -0.05) is 19.9 Å². The summed E-state index contributed by atoms with van der Waals surface area (Å²) in [7, 11) is 1.83. The Bertz CT molecular complexity index is 873. The summed E-state index contributed by atoms with van der Waals surface area (Å²) in [6.45, 7) is 9.93. The molecule has 2 aromatic rings. The van der Waals surface area contributed by atoms with Gasteiger partial charge in [0.15, 0.2) is 17.5 Å². The highest BCUT2D eigenvalue weighted by Gasteiger charge is 2.26. The number of guanidine groups is 1. The van der Waals surface area contributed by atoms with Gasteiger partial charge in [-0.3, -0.25) is 9.67 Å². The van der Waals surface area contributed by atoms with Crippen molar-refractivity contribution in [3.8, 4) is 11.5 Å². The number of rotatable bonds is 7. The molecule has 1 aliphatic rings. The molecule has 8 heteroatoms. The summed E-state index contributed by atoms with van der Waals surface area (Å²) in [5.74, 6) is 2.21. The van der Waals surface area contributed by atoms with Crippen molar-refractivity contribution < 1.29 is 14.6 Å². The van der Waals surface area contributed by atoms with Crippen LogP contribution < -0.4 is 20.1 Å². The van der Waals surface area contributed by atoms with Crippen LogP contribution in [0, 0.1) is 0 Å². The lowest BCUT2D eigenvalue weighted by molar-refractivity contribution is 0.0616. The third kappa shape index (κ3) is 5.00. The van der Waals surface area contributed by atoms with E-state index in [9.17, 15) is 5.11 Å². The summed E-state index contributed by atoms with van der Waals surface area (Å²) in [4.78, 5) is 4.75. The van der Waals surface area contributed by atoms with E-state index in [1.807, 2.05) is 32.3 Å². The number of aliphatic hydroxyl groups is 1. The number of aryl methyl sites for hydroxylation is 1. The molecule has 0 saturated carbocycles. The van der Waals surface area contributed by atoms with Crippen molar-refractivity contribution in [2.45, 2.75) is 38.7 Å². The summed E-state index contributed by atoms with van der Waals surface area (Å²) < 4.78 is 12.6. The van der Waals surface area contributed by atoms with Gasteiger partial charge in [0.1, 0.15) is 5.60 Å². The molecule has 29 heavy (non-hydrogen) atoms. The van der Waals surface area contributed by atoms with E-state index in [0.29, 0.717) is 19.0 Å². The van der Waals surface area contributed by atoms with Gasteiger partial charge >= 0.3 is 0 Å². The fraction of sp³-hybridized carbons (Fsp3) is 0.524. The molecule has 0 saturated heterocycles. The van der Waals surface area contributed by atoms with Crippen molar-refractivity contribution in [3.63, 3.8) is 0 Å². The van der Waals surface area contributed by atoms with Crippen molar-refractivity contribution in [2.24, 2.45) is 12.0 Å². The average Bonchev–Trinajstić information content (AvgIpc) is 3.32. The molecular weight excluding hydrogens is 370 g/mol. The molecule has 0 radical (unpaired) electrons. The van der Waals surface area contributed by atoms with E-state index < -0.39 is 5.60 Å². The quantitative estimate of drug-likeness (QED) is 0.485. The smallest absolute Gasteiger partial charge is 0.231 e. The van der Waals surface area contributed by atoms with E-state index in [4.69, 9.17) is 14.5 Å². The normalized spacial score (nSPS) is 15.9. The Morgan fingerprint density at radius 2 is 1.97 bits per heavy atom. The maximum Gasteiger partial charge on any atom is 0.231 e. The standard InChI is InChI=1S/C21H31N5O3/c1-6-22-19(24-13-21(4,27)16-10-25-26(5)11-16)23-12-20(2,3)15-7-8-17-18(9-15)29-14-28-17/h7-11,27H,6,12-14H2,1-5H3,(H2,22,23,24). The number of hydrogen-bond donors (Lipinski definition) is 3. The predicted molar refractivity (Wildman–Crippen MR) is 112 cm³/mol. The molecule has 3 N–H and O–H groups in total. The largest absolute Gasteiger partial charge is 0.454 e. The first-order valence-electron chi connectivity index (χ1n) is 9.85. The lowest BCUT2D eigenvalue weighted by Gasteiger charge is -2.26. The SMILES string of the molecule is CCNC(=NCC(C)(C)c1ccc2c(c1)OCO2)NCC(C)(O)c1cnn(C)c1. The number of hydrogen-bond acceptors (Lipinski definition) is 5. The first-order chi connectivity index (χ1) is 13.7. The topological polar surface area (TPSA) is 92.9 Å². The first-order valence-corrected chi connectivity index (χ1v) is 9.85. The lowest BCUT2D eigenvalue weighted by Crippen LogP contribution is -2.45. The minimum Gasteiger partial charge on any atom is -0.454 e. The van der Waals surface area contributed by atoms with Crippen molar-refractivity contribution in [1.29, 1.82) is 0 Å². The number of fused-ring (bicyclic) bond motifs is 1. The summed E-state index contributed by atoms with van der Waals surface area (Å²) in [5, 5.41) is 21.4.